The van der Waals surface area contributed by atoms with Crippen LogP contribution in [-0.4, -0.2) is 9.97 Å². The number of nitrogens with zero attached hydrogens (tertiary/aromatic N) is 2. The van der Waals surface area contributed by atoms with Crippen molar-refractivity contribution in [3.8, 4) is 0 Å². The molecule has 110 valence electrons. The third-order valence-corrected chi connectivity index (χ3v) is 3.66. The summed E-state index contributed by atoms with van der Waals surface area (Å²) < 4.78 is 62.5. The van der Waals surface area contributed by atoms with Gasteiger partial charge in [-0.05, 0) is 24.3 Å². The molecule has 0 fully saturated rings. The molecule has 20 heavy (non-hydrogen) atoms. The van der Waals surface area contributed by atoms with E-state index in [4.69, 9.17) is 11.6 Å². The quantitative estimate of drug-likeness (QED) is 0.751. The Labute approximate surface area is 115 Å². The van der Waals surface area contributed by atoms with Crippen LogP contribution in [-0.2, 0) is 0 Å². The highest BCUT2D eigenvalue weighted by Crippen LogP contribution is 3.02. The molecule has 0 aliphatic carbocycles. The van der Waals surface area contributed by atoms with Gasteiger partial charge in [0.1, 0.15) is 4.90 Å². The summed E-state index contributed by atoms with van der Waals surface area (Å²) in [5.74, 6) is 0.106. The van der Waals surface area contributed by atoms with Crippen LogP contribution in [0.3, 0.4) is 0 Å². The fourth-order valence-corrected chi connectivity index (χ4v) is 2.14. The number of halogens is 6. The summed E-state index contributed by atoms with van der Waals surface area (Å²) in [6.45, 7) is 0. The van der Waals surface area contributed by atoms with Gasteiger partial charge in [-0.2, -0.15) is 0 Å². The van der Waals surface area contributed by atoms with E-state index in [1.807, 2.05) is 0 Å². The van der Waals surface area contributed by atoms with Crippen LogP contribution in [0.1, 0.15) is 0 Å². The van der Waals surface area contributed by atoms with Crippen LogP contribution < -0.4 is 5.32 Å². The van der Waals surface area contributed by atoms with E-state index in [9.17, 15) is 19.4 Å². The second-order valence-electron chi connectivity index (χ2n) is 3.81. The lowest BCUT2D eigenvalue weighted by Gasteiger charge is -2.40. The molecule has 1 aromatic heterocycles. The molecular formula is C10H7ClF5N3S. The molecule has 0 spiro atoms. The van der Waals surface area contributed by atoms with Gasteiger partial charge in [-0.3, -0.25) is 0 Å². The van der Waals surface area contributed by atoms with Gasteiger partial charge in [0.25, 0.3) is 0 Å². The van der Waals surface area contributed by atoms with E-state index in [1.54, 1.807) is 0 Å². The number of benzene rings is 1. The van der Waals surface area contributed by atoms with Crippen LogP contribution in [0, 0.1) is 0 Å². The number of aromatic nitrogens is 2. The lowest BCUT2D eigenvalue weighted by atomic mass is 10.3. The average Bonchev–Trinajstić information content (AvgIpc) is 2.30. The molecule has 0 aliphatic heterocycles. The number of nitrogens with one attached hydrogen (secondary N) is 1. The van der Waals surface area contributed by atoms with E-state index in [2.05, 4.69) is 15.3 Å². The molecule has 2 aromatic rings. The lowest BCUT2D eigenvalue weighted by Crippen LogP contribution is -2.06. The topological polar surface area (TPSA) is 37.8 Å². The highest BCUT2D eigenvalue weighted by molar-refractivity contribution is 8.45. The lowest BCUT2D eigenvalue weighted by molar-refractivity contribution is 0.364. The summed E-state index contributed by atoms with van der Waals surface area (Å²) >= 11 is 5.69. The minimum absolute atomic E-state index is 0.00397. The standard InChI is InChI=1S/C10H7ClF5N3S/c11-9-10(18-6-5-17-9)19-7-1-3-8(4-2-7)20(12,13,14,15)16/h1-6H,(H,18,19). The third-order valence-electron chi connectivity index (χ3n) is 2.22. The zero-order chi connectivity index (χ0) is 15.1. The van der Waals surface area contributed by atoms with Crippen LogP contribution in [0.5, 0.6) is 0 Å². The van der Waals surface area contributed by atoms with Crippen molar-refractivity contribution in [1.29, 1.82) is 0 Å². The Morgan fingerprint density at radius 3 is 1.95 bits per heavy atom. The van der Waals surface area contributed by atoms with Crippen LogP contribution in [0.15, 0.2) is 41.6 Å². The molecule has 0 amide bonds. The zero-order valence-corrected chi connectivity index (χ0v) is 11.1. The molecule has 1 aromatic carbocycles. The van der Waals surface area contributed by atoms with Crippen molar-refractivity contribution in [3.63, 3.8) is 0 Å². The Bertz CT molecular complexity index is 644. The molecule has 3 nitrogen and oxygen atoms in total. The van der Waals surface area contributed by atoms with E-state index in [0.717, 1.165) is 12.1 Å². The Morgan fingerprint density at radius 1 is 0.900 bits per heavy atom. The number of hydrogen-bond acceptors (Lipinski definition) is 3. The molecule has 0 atom stereocenters. The second kappa shape index (κ2) is 3.95. The van der Waals surface area contributed by atoms with Gasteiger partial charge in [0.05, 0.1) is 0 Å². The monoisotopic (exact) mass is 331 g/mol. The van der Waals surface area contributed by atoms with Crippen LogP contribution in [0.4, 0.5) is 30.9 Å². The number of hydrogen-bond donors (Lipinski definition) is 1. The van der Waals surface area contributed by atoms with E-state index in [-0.39, 0.29) is 16.7 Å². The Kier molecular flexibility index (Phi) is 2.92. The first kappa shape index (κ1) is 14.8. The van der Waals surface area contributed by atoms with Gasteiger partial charge in [-0.15, -0.1) is 0 Å². The van der Waals surface area contributed by atoms with Gasteiger partial charge in [-0.1, -0.05) is 31.0 Å². The SMILES string of the molecule is FS(F)(F)(F)(F)c1ccc(Nc2nccnc2Cl)cc1. The normalized spacial score (nSPS) is 15.3. The van der Waals surface area contributed by atoms with Crippen molar-refractivity contribution in [2.75, 3.05) is 5.32 Å². The van der Waals surface area contributed by atoms with E-state index >= 15 is 0 Å². The zero-order valence-electron chi connectivity index (χ0n) is 9.53. The molecule has 2 rings (SSSR count). The van der Waals surface area contributed by atoms with Crippen molar-refractivity contribution in [2.45, 2.75) is 4.90 Å². The van der Waals surface area contributed by atoms with Crippen molar-refractivity contribution in [1.82, 2.24) is 9.97 Å². The maximum atomic E-state index is 12.5. The van der Waals surface area contributed by atoms with Crippen LogP contribution in [0.2, 0.25) is 5.15 Å². The molecule has 0 saturated heterocycles. The van der Waals surface area contributed by atoms with Crippen molar-refractivity contribution < 1.29 is 19.4 Å². The summed E-state index contributed by atoms with van der Waals surface area (Å²) in [5.41, 5.74) is 0.123. The fraction of sp³-hybridized carbons (Fsp3) is 0. The predicted molar refractivity (Wildman–Crippen MR) is 68.2 cm³/mol. The Morgan fingerprint density at radius 2 is 1.45 bits per heavy atom. The summed E-state index contributed by atoms with van der Waals surface area (Å²) in [4.78, 5) is 5.55. The molecule has 0 aliphatic rings. The minimum Gasteiger partial charge on any atom is -0.338 e. The molecule has 1 N–H and O–H groups in total. The van der Waals surface area contributed by atoms with Gasteiger partial charge < -0.3 is 5.32 Å². The highest BCUT2D eigenvalue weighted by Gasteiger charge is 2.65. The third kappa shape index (κ3) is 3.48. The minimum atomic E-state index is -9.64. The van der Waals surface area contributed by atoms with Gasteiger partial charge in [-0.25, -0.2) is 9.97 Å². The molecule has 0 unspecified atom stereocenters. The summed E-state index contributed by atoms with van der Waals surface area (Å²) in [6.07, 6.45) is 2.64. The first-order chi connectivity index (χ1) is 8.95. The molecule has 10 heteroatoms. The van der Waals surface area contributed by atoms with Gasteiger partial charge in [0.2, 0.25) is 0 Å². The first-order valence-electron chi connectivity index (χ1n) is 5.03. The second-order valence-corrected chi connectivity index (χ2v) is 6.58. The number of rotatable bonds is 3. The number of anilines is 2. The molecular weight excluding hydrogens is 325 g/mol. The van der Waals surface area contributed by atoms with Gasteiger partial charge in [0.15, 0.2) is 11.0 Å². The summed E-state index contributed by atoms with van der Waals surface area (Å²) in [6, 6.07) is 2.32. The maximum absolute atomic E-state index is 12.5. The van der Waals surface area contributed by atoms with E-state index in [1.165, 1.54) is 12.4 Å². The predicted octanol–water partition coefficient (Wildman–Crippen LogP) is 5.53. The summed E-state index contributed by atoms with van der Waals surface area (Å²) in [5, 5.41) is 2.58. The molecule has 0 bridgehead atoms. The van der Waals surface area contributed by atoms with E-state index in [0.29, 0.717) is 12.1 Å². The van der Waals surface area contributed by atoms with Gasteiger partial charge in [0, 0.05) is 18.1 Å². The molecule has 0 saturated carbocycles. The van der Waals surface area contributed by atoms with Gasteiger partial charge >= 0.3 is 10.2 Å². The molecule has 1 heterocycles. The molecule has 0 radical (unpaired) electrons. The fourth-order valence-electron chi connectivity index (χ4n) is 1.34. The van der Waals surface area contributed by atoms with E-state index < -0.39 is 15.1 Å². The Hall–Kier alpha value is -1.61. The first-order valence-corrected chi connectivity index (χ1v) is 7.36. The van der Waals surface area contributed by atoms with Crippen molar-refractivity contribution in [3.05, 3.63) is 41.8 Å². The smallest absolute Gasteiger partial charge is 0.310 e. The maximum Gasteiger partial charge on any atom is 0.310 e. The van der Waals surface area contributed by atoms with Crippen LogP contribution in [0.25, 0.3) is 0 Å². The largest absolute Gasteiger partial charge is 0.338 e. The van der Waals surface area contributed by atoms with Crippen molar-refractivity contribution in [2.24, 2.45) is 0 Å². The van der Waals surface area contributed by atoms with Crippen molar-refractivity contribution >= 4 is 33.3 Å². The Balaban J connectivity index is 2.29. The highest BCUT2D eigenvalue weighted by atomic mass is 35.5. The van der Waals surface area contributed by atoms with Crippen LogP contribution >= 0.6 is 21.8 Å². The summed E-state index contributed by atoms with van der Waals surface area (Å²) in [7, 11) is -9.64. The average molecular weight is 332 g/mol.